The maximum Gasteiger partial charge on any atom is 0.134 e. The van der Waals surface area contributed by atoms with Crippen LogP contribution in [-0.4, -0.2) is 0 Å². The van der Waals surface area contributed by atoms with Crippen molar-refractivity contribution in [2.75, 3.05) is 0 Å². The highest BCUT2D eigenvalue weighted by molar-refractivity contribution is 5.84. The van der Waals surface area contributed by atoms with Gasteiger partial charge in [0.05, 0.1) is 0 Å². The summed E-state index contributed by atoms with van der Waals surface area (Å²) in [6.07, 6.45) is 11.0. The fourth-order valence-electron chi connectivity index (χ4n) is 5.25. The van der Waals surface area contributed by atoms with Gasteiger partial charge in [-0.2, -0.15) is 0 Å². The fraction of sp³-hybridized carbons (Fsp3) is 0.448. The Morgan fingerprint density at radius 3 is 2.20 bits per heavy atom. The number of benzene rings is 3. The van der Waals surface area contributed by atoms with Gasteiger partial charge in [-0.25, -0.2) is 4.39 Å². The molecule has 0 atom stereocenters. The van der Waals surface area contributed by atoms with E-state index in [0.717, 1.165) is 47.4 Å². The Hall–Kier alpha value is -2.15. The minimum Gasteiger partial charge on any atom is -0.206 e. The van der Waals surface area contributed by atoms with Gasteiger partial charge in [-0.15, -0.1) is 0 Å². The van der Waals surface area contributed by atoms with Crippen molar-refractivity contribution in [3.05, 3.63) is 82.7 Å². The van der Waals surface area contributed by atoms with E-state index in [2.05, 4.69) is 49.4 Å². The Kier molecular flexibility index (Phi) is 6.87. The van der Waals surface area contributed by atoms with Gasteiger partial charge in [0.15, 0.2) is 0 Å². The summed E-state index contributed by atoms with van der Waals surface area (Å²) >= 11 is 0. The third-order valence-corrected chi connectivity index (χ3v) is 7.18. The summed E-state index contributed by atoms with van der Waals surface area (Å²) in [5.41, 5.74) is 5.01. The third kappa shape index (κ3) is 4.77. The van der Waals surface area contributed by atoms with Gasteiger partial charge in [0.2, 0.25) is 0 Å². The molecule has 30 heavy (non-hydrogen) atoms. The molecule has 0 heterocycles. The lowest BCUT2D eigenvalue weighted by molar-refractivity contribution is 0.308. The van der Waals surface area contributed by atoms with Crippen LogP contribution in [0, 0.1) is 11.7 Å². The maximum absolute atomic E-state index is 14.5. The Morgan fingerprint density at radius 1 is 0.800 bits per heavy atom. The summed E-state index contributed by atoms with van der Waals surface area (Å²) in [6.45, 7) is 4.31. The molecule has 0 aromatic heterocycles. The standard InChI is InChI=1S/C29H35F/c1-3-5-21-8-13-25(14-9-21)26-15-10-22(11-16-26)6-7-23-12-19-28-27(20-23)18-17-24(4-2)29(28)30/h10-12,15-21,25H,3-9,13-14H2,1-2H3. The van der Waals surface area contributed by atoms with Crippen LogP contribution in [-0.2, 0) is 19.3 Å². The molecular weight excluding hydrogens is 367 g/mol. The first-order chi connectivity index (χ1) is 14.7. The molecule has 0 N–H and O–H groups in total. The van der Waals surface area contributed by atoms with Crippen molar-refractivity contribution in [2.24, 2.45) is 5.92 Å². The van der Waals surface area contributed by atoms with Crippen LogP contribution < -0.4 is 0 Å². The molecule has 158 valence electrons. The van der Waals surface area contributed by atoms with Gasteiger partial charge >= 0.3 is 0 Å². The smallest absolute Gasteiger partial charge is 0.134 e. The largest absolute Gasteiger partial charge is 0.206 e. The second kappa shape index (κ2) is 9.77. The minimum absolute atomic E-state index is 0.0548. The van der Waals surface area contributed by atoms with E-state index < -0.39 is 0 Å². The first-order valence-corrected chi connectivity index (χ1v) is 12.0. The lowest BCUT2D eigenvalue weighted by Crippen LogP contribution is -2.13. The highest BCUT2D eigenvalue weighted by Crippen LogP contribution is 2.37. The molecular formula is C29H35F. The van der Waals surface area contributed by atoms with Crippen molar-refractivity contribution >= 4 is 10.8 Å². The van der Waals surface area contributed by atoms with E-state index in [1.165, 1.54) is 55.2 Å². The van der Waals surface area contributed by atoms with Crippen molar-refractivity contribution in [2.45, 2.75) is 77.6 Å². The predicted molar refractivity (Wildman–Crippen MR) is 127 cm³/mol. The summed E-state index contributed by atoms with van der Waals surface area (Å²) in [5.74, 6) is 1.67. The molecule has 0 nitrogen and oxygen atoms in total. The average Bonchev–Trinajstić information content (AvgIpc) is 2.79. The highest BCUT2D eigenvalue weighted by atomic mass is 19.1. The SMILES string of the molecule is CCCC1CCC(c2ccc(CCc3ccc4c(F)c(CC)ccc4c3)cc2)CC1. The van der Waals surface area contributed by atoms with Crippen LogP contribution in [0.15, 0.2) is 54.6 Å². The van der Waals surface area contributed by atoms with Gasteiger partial charge in [0.1, 0.15) is 5.82 Å². The molecule has 1 heteroatoms. The molecule has 0 bridgehead atoms. The van der Waals surface area contributed by atoms with Crippen LogP contribution in [0.4, 0.5) is 4.39 Å². The van der Waals surface area contributed by atoms with Gasteiger partial charge in [0.25, 0.3) is 0 Å². The van der Waals surface area contributed by atoms with Gasteiger partial charge < -0.3 is 0 Å². The first kappa shape index (κ1) is 21.1. The second-order valence-corrected chi connectivity index (χ2v) is 9.20. The zero-order valence-electron chi connectivity index (χ0n) is 18.6. The van der Waals surface area contributed by atoms with Crippen molar-refractivity contribution < 1.29 is 4.39 Å². The number of aryl methyl sites for hydroxylation is 3. The van der Waals surface area contributed by atoms with Crippen molar-refractivity contribution in [3.8, 4) is 0 Å². The summed E-state index contributed by atoms with van der Waals surface area (Å²) in [5, 5.41) is 1.76. The third-order valence-electron chi connectivity index (χ3n) is 7.18. The summed E-state index contributed by atoms with van der Waals surface area (Å²) in [4.78, 5) is 0. The number of fused-ring (bicyclic) bond motifs is 1. The van der Waals surface area contributed by atoms with Crippen LogP contribution >= 0.6 is 0 Å². The molecule has 4 rings (SSSR count). The molecule has 0 aliphatic heterocycles. The van der Waals surface area contributed by atoms with E-state index >= 15 is 0 Å². The quantitative estimate of drug-likeness (QED) is 0.372. The molecule has 1 aliphatic rings. The van der Waals surface area contributed by atoms with Gasteiger partial charge in [-0.3, -0.25) is 0 Å². The van der Waals surface area contributed by atoms with E-state index in [1.807, 2.05) is 19.1 Å². The lowest BCUT2D eigenvalue weighted by atomic mass is 9.77. The van der Waals surface area contributed by atoms with E-state index in [-0.39, 0.29) is 5.82 Å². The zero-order valence-corrected chi connectivity index (χ0v) is 18.6. The Labute approximate surface area is 181 Å². The Bertz CT molecular complexity index is 962. The number of halogens is 1. The minimum atomic E-state index is -0.0548. The summed E-state index contributed by atoms with van der Waals surface area (Å²) in [6, 6.07) is 19.6. The molecule has 1 fully saturated rings. The maximum atomic E-state index is 14.5. The van der Waals surface area contributed by atoms with Crippen molar-refractivity contribution in [1.82, 2.24) is 0 Å². The molecule has 0 saturated heterocycles. The molecule has 0 radical (unpaired) electrons. The van der Waals surface area contributed by atoms with Gasteiger partial charge in [-0.05, 0) is 84.4 Å². The van der Waals surface area contributed by atoms with E-state index in [0.29, 0.717) is 0 Å². The van der Waals surface area contributed by atoms with Gasteiger partial charge in [0, 0.05) is 5.39 Å². The molecule has 1 aliphatic carbocycles. The summed E-state index contributed by atoms with van der Waals surface area (Å²) < 4.78 is 14.5. The normalized spacial score (nSPS) is 19.3. The molecule has 3 aromatic carbocycles. The number of hydrogen-bond acceptors (Lipinski definition) is 0. The van der Waals surface area contributed by atoms with Gasteiger partial charge in [-0.1, -0.05) is 81.3 Å². The summed E-state index contributed by atoms with van der Waals surface area (Å²) in [7, 11) is 0. The van der Waals surface area contributed by atoms with Crippen molar-refractivity contribution in [3.63, 3.8) is 0 Å². The first-order valence-electron chi connectivity index (χ1n) is 12.0. The van der Waals surface area contributed by atoms with E-state index in [9.17, 15) is 4.39 Å². The van der Waals surface area contributed by atoms with E-state index in [1.54, 1.807) is 0 Å². The Balaban J connectivity index is 1.36. The molecule has 1 saturated carbocycles. The molecule has 3 aromatic rings. The van der Waals surface area contributed by atoms with Crippen LogP contribution in [0.3, 0.4) is 0 Å². The van der Waals surface area contributed by atoms with E-state index in [4.69, 9.17) is 0 Å². The molecule has 0 unspecified atom stereocenters. The van der Waals surface area contributed by atoms with Crippen LogP contribution in [0.5, 0.6) is 0 Å². The van der Waals surface area contributed by atoms with Crippen LogP contribution in [0.25, 0.3) is 10.8 Å². The molecule has 0 amide bonds. The second-order valence-electron chi connectivity index (χ2n) is 9.20. The van der Waals surface area contributed by atoms with Crippen LogP contribution in [0.2, 0.25) is 0 Å². The number of rotatable bonds is 7. The monoisotopic (exact) mass is 402 g/mol. The van der Waals surface area contributed by atoms with Crippen molar-refractivity contribution in [1.29, 1.82) is 0 Å². The molecule has 0 spiro atoms. The topological polar surface area (TPSA) is 0 Å². The number of hydrogen-bond donors (Lipinski definition) is 0. The fourth-order valence-corrected chi connectivity index (χ4v) is 5.25. The highest BCUT2D eigenvalue weighted by Gasteiger charge is 2.21. The zero-order chi connectivity index (χ0) is 20.9. The lowest BCUT2D eigenvalue weighted by Gasteiger charge is -2.28. The Morgan fingerprint density at radius 2 is 1.50 bits per heavy atom. The average molecular weight is 403 g/mol. The predicted octanol–water partition coefficient (Wildman–Crippen LogP) is 8.40. The van der Waals surface area contributed by atoms with Crippen LogP contribution in [0.1, 0.15) is 80.5 Å².